The molecular formula is C22H28F2N4O2P2. The molecule has 3 aromatic rings. The zero-order chi connectivity index (χ0) is 23.6. The first kappa shape index (κ1) is 24.5. The van der Waals surface area contributed by atoms with E-state index in [2.05, 4.69) is 28.8 Å². The molecule has 32 heavy (non-hydrogen) atoms. The maximum absolute atomic E-state index is 14.1. The molecule has 1 amide bonds. The summed E-state index contributed by atoms with van der Waals surface area (Å²) in [7, 11) is 5.25. The van der Waals surface area contributed by atoms with E-state index in [-0.39, 0.29) is 30.3 Å². The molecule has 0 aliphatic heterocycles. The number of pyridine rings is 1. The summed E-state index contributed by atoms with van der Waals surface area (Å²) < 4.78 is 35.6. The number of nitrogens with zero attached hydrogens (tertiary/aromatic N) is 2. The van der Waals surface area contributed by atoms with Gasteiger partial charge in [-0.15, -0.1) is 18.5 Å². The van der Waals surface area contributed by atoms with Crippen molar-refractivity contribution in [3.63, 3.8) is 0 Å². The van der Waals surface area contributed by atoms with Crippen LogP contribution in [0.3, 0.4) is 0 Å². The molecule has 2 aromatic heterocycles. The van der Waals surface area contributed by atoms with Gasteiger partial charge in [-0.1, -0.05) is 13.0 Å². The summed E-state index contributed by atoms with van der Waals surface area (Å²) in [5.41, 5.74) is 7.54. The zero-order valence-corrected chi connectivity index (χ0v) is 20.6. The van der Waals surface area contributed by atoms with Crippen LogP contribution in [-0.2, 0) is 6.61 Å². The van der Waals surface area contributed by atoms with Crippen molar-refractivity contribution in [1.82, 2.24) is 14.7 Å². The quantitative estimate of drug-likeness (QED) is 0.481. The average molecular weight is 480 g/mol. The molecule has 10 heteroatoms. The molecule has 0 spiro atoms. The second-order valence-electron chi connectivity index (χ2n) is 8.20. The molecule has 2 heterocycles. The van der Waals surface area contributed by atoms with Gasteiger partial charge in [0.05, 0.1) is 11.3 Å². The fraction of sp³-hybridized carbons (Fsp3) is 0.364. The Balaban J connectivity index is 2.01. The lowest BCUT2D eigenvalue weighted by Crippen LogP contribution is -2.49. The number of carbonyl (C=O) groups is 1. The lowest BCUT2D eigenvalue weighted by atomic mass is 10.1. The Morgan fingerprint density at radius 2 is 2.03 bits per heavy atom. The van der Waals surface area contributed by atoms with Gasteiger partial charge in [-0.2, -0.15) is 0 Å². The highest BCUT2D eigenvalue weighted by molar-refractivity contribution is 7.17. The highest BCUT2D eigenvalue weighted by Gasteiger charge is 2.23. The SMILES string of the molecule is Cc1nc2c(OCc3c(F)cccc3F)cc(C(C)P)cn2c1C(=O)NCC(C)(N)CP. The van der Waals surface area contributed by atoms with E-state index in [0.29, 0.717) is 28.9 Å². The Labute approximate surface area is 190 Å². The molecule has 0 fully saturated rings. The minimum atomic E-state index is -0.685. The maximum Gasteiger partial charge on any atom is 0.270 e. The van der Waals surface area contributed by atoms with E-state index in [1.807, 2.05) is 20.0 Å². The van der Waals surface area contributed by atoms with Crippen molar-refractivity contribution in [3.05, 3.63) is 64.6 Å². The third kappa shape index (κ3) is 5.25. The molecule has 0 aliphatic rings. The number of imidazole rings is 1. The molecule has 0 saturated heterocycles. The summed E-state index contributed by atoms with van der Waals surface area (Å²) in [6.45, 7) is 5.52. The molecule has 4 atom stereocenters. The first-order valence-electron chi connectivity index (χ1n) is 10.1. The number of aryl methyl sites for hydroxylation is 1. The number of ether oxygens (including phenoxy) is 1. The van der Waals surface area contributed by atoms with Crippen molar-refractivity contribution < 1.29 is 18.3 Å². The van der Waals surface area contributed by atoms with Crippen LogP contribution >= 0.6 is 18.5 Å². The third-order valence-electron chi connectivity index (χ3n) is 5.18. The van der Waals surface area contributed by atoms with Gasteiger partial charge in [0, 0.05) is 18.3 Å². The number of hydrogen-bond acceptors (Lipinski definition) is 4. The van der Waals surface area contributed by atoms with Crippen molar-refractivity contribution in [3.8, 4) is 5.75 Å². The van der Waals surface area contributed by atoms with Crippen LogP contribution in [0.4, 0.5) is 8.78 Å². The maximum atomic E-state index is 14.1. The molecule has 172 valence electrons. The van der Waals surface area contributed by atoms with Gasteiger partial charge in [0.25, 0.3) is 5.91 Å². The number of nitrogens with two attached hydrogens (primary N) is 1. The highest BCUT2D eigenvalue weighted by atomic mass is 31.0. The normalized spacial score (nSPS) is 14.2. The lowest BCUT2D eigenvalue weighted by Gasteiger charge is -2.22. The molecule has 3 rings (SSSR count). The number of benzene rings is 1. The van der Waals surface area contributed by atoms with Crippen LogP contribution in [0.5, 0.6) is 5.75 Å². The van der Waals surface area contributed by atoms with Crippen LogP contribution in [0.1, 0.15) is 46.8 Å². The molecule has 0 saturated carbocycles. The molecule has 6 nitrogen and oxygen atoms in total. The van der Waals surface area contributed by atoms with Gasteiger partial charge in [-0.25, -0.2) is 13.8 Å². The van der Waals surface area contributed by atoms with Crippen molar-refractivity contribution in [2.45, 2.75) is 38.6 Å². The van der Waals surface area contributed by atoms with E-state index in [0.717, 1.165) is 5.56 Å². The van der Waals surface area contributed by atoms with Crippen molar-refractivity contribution in [1.29, 1.82) is 0 Å². The Bertz CT molecular complexity index is 1130. The molecule has 4 unspecified atom stereocenters. The molecule has 1 aromatic carbocycles. The van der Waals surface area contributed by atoms with Crippen molar-refractivity contribution >= 4 is 30.0 Å². The van der Waals surface area contributed by atoms with Gasteiger partial charge in [0.1, 0.15) is 23.9 Å². The number of rotatable bonds is 8. The van der Waals surface area contributed by atoms with Crippen LogP contribution in [0, 0.1) is 18.6 Å². The summed E-state index contributed by atoms with van der Waals surface area (Å²) in [5.74, 6) is -1.36. The average Bonchev–Trinajstić information content (AvgIpc) is 3.07. The van der Waals surface area contributed by atoms with E-state index in [9.17, 15) is 13.6 Å². The van der Waals surface area contributed by atoms with Crippen LogP contribution in [0.2, 0.25) is 0 Å². The number of aromatic nitrogens is 2. The first-order chi connectivity index (χ1) is 15.0. The van der Waals surface area contributed by atoms with Crippen LogP contribution in [0.15, 0.2) is 30.5 Å². The number of amides is 1. The van der Waals surface area contributed by atoms with Gasteiger partial charge < -0.3 is 15.8 Å². The summed E-state index contributed by atoms with van der Waals surface area (Å²) in [6.07, 6.45) is 2.44. The summed E-state index contributed by atoms with van der Waals surface area (Å²) in [5, 5.41) is 2.87. The first-order valence-corrected chi connectivity index (χ1v) is 11.6. The van der Waals surface area contributed by atoms with Gasteiger partial charge in [0.15, 0.2) is 11.4 Å². The fourth-order valence-corrected chi connectivity index (χ4v) is 3.46. The molecule has 0 bridgehead atoms. The Morgan fingerprint density at radius 1 is 1.38 bits per heavy atom. The Kier molecular flexibility index (Phi) is 7.49. The summed E-state index contributed by atoms with van der Waals surface area (Å²) >= 11 is 0. The van der Waals surface area contributed by atoms with Crippen LogP contribution in [0.25, 0.3) is 5.65 Å². The minimum Gasteiger partial charge on any atom is -0.485 e. The predicted octanol–water partition coefficient (Wildman–Crippen LogP) is 3.76. The van der Waals surface area contributed by atoms with Crippen LogP contribution < -0.4 is 15.8 Å². The van der Waals surface area contributed by atoms with Gasteiger partial charge in [0.2, 0.25) is 0 Å². The smallest absolute Gasteiger partial charge is 0.270 e. The zero-order valence-electron chi connectivity index (χ0n) is 18.3. The van der Waals surface area contributed by atoms with Gasteiger partial charge >= 0.3 is 0 Å². The monoisotopic (exact) mass is 480 g/mol. The fourth-order valence-electron chi connectivity index (χ4n) is 3.13. The number of hydrogen-bond donors (Lipinski definition) is 2. The predicted molar refractivity (Wildman–Crippen MR) is 128 cm³/mol. The third-order valence-corrected chi connectivity index (χ3v) is 6.49. The largest absolute Gasteiger partial charge is 0.485 e. The molecule has 0 radical (unpaired) electrons. The summed E-state index contributed by atoms with van der Waals surface area (Å²) in [6, 6.07) is 5.43. The lowest BCUT2D eigenvalue weighted by molar-refractivity contribution is 0.0940. The van der Waals surface area contributed by atoms with E-state index < -0.39 is 17.2 Å². The second kappa shape index (κ2) is 9.78. The number of halogens is 2. The number of carbonyl (C=O) groups excluding carboxylic acids is 1. The summed E-state index contributed by atoms with van der Waals surface area (Å²) in [4.78, 5) is 17.5. The van der Waals surface area contributed by atoms with E-state index in [1.54, 1.807) is 17.4 Å². The Morgan fingerprint density at radius 3 is 2.62 bits per heavy atom. The molecular weight excluding hydrogens is 452 g/mol. The number of nitrogens with one attached hydrogen (secondary N) is 1. The van der Waals surface area contributed by atoms with Crippen molar-refractivity contribution in [2.75, 3.05) is 12.7 Å². The second-order valence-corrected chi connectivity index (χ2v) is 9.60. The van der Waals surface area contributed by atoms with Crippen molar-refractivity contribution in [2.24, 2.45) is 5.73 Å². The standard InChI is InChI=1S/C22H28F2N4O2P2/c1-12-19(21(29)26-10-22(3,25)11-31)28-8-14(13(2)32)7-18(20(28)27-12)30-9-15-16(23)5-4-6-17(15)24/h4-8,13H,9-11,25,31-32H2,1-3H3,(H,26,29). The molecule has 0 aliphatic carbocycles. The van der Waals surface area contributed by atoms with E-state index >= 15 is 0 Å². The highest BCUT2D eigenvalue weighted by Crippen LogP contribution is 2.31. The van der Waals surface area contributed by atoms with Gasteiger partial charge in [-0.3, -0.25) is 9.20 Å². The topological polar surface area (TPSA) is 81.7 Å². The van der Waals surface area contributed by atoms with E-state index in [1.165, 1.54) is 18.2 Å². The Hall–Kier alpha value is -2.14. The van der Waals surface area contributed by atoms with E-state index in [4.69, 9.17) is 10.5 Å². The van der Waals surface area contributed by atoms with Crippen LogP contribution in [-0.4, -0.2) is 33.5 Å². The van der Waals surface area contributed by atoms with Gasteiger partial charge in [-0.05, 0) is 49.4 Å². The molecule has 3 N–H and O–H groups in total. The number of fused-ring (bicyclic) bond motifs is 1. The minimum absolute atomic E-state index is 0.0371.